The molecule has 1 aromatic carbocycles. The smallest absolute Gasteiger partial charge is 0.320 e. The third kappa shape index (κ3) is 5.49. The summed E-state index contributed by atoms with van der Waals surface area (Å²) in [5.41, 5.74) is -0.468. The van der Waals surface area contributed by atoms with Gasteiger partial charge in [0.05, 0.1) is 16.8 Å². The predicted molar refractivity (Wildman–Crippen MR) is 135 cm³/mol. The van der Waals surface area contributed by atoms with Gasteiger partial charge in [0.2, 0.25) is 0 Å². The van der Waals surface area contributed by atoms with E-state index in [-0.39, 0.29) is 5.52 Å². The highest BCUT2D eigenvalue weighted by molar-refractivity contribution is 5.57. The van der Waals surface area contributed by atoms with E-state index < -0.39 is 17.4 Å². The highest BCUT2D eigenvalue weighted by Gasteiger charge is 2.34. The maximum absolute atomic E-state index is 13.6. The number of benzene rings is 1. The average molecular weight is 513 g/mol. The van der Waals surface area contributed by atoms with Crippen LogP contribution in [0.1, 0.15) is 61.4 Å². The molecule has 4 aromatic rings. The Morgan fingerprint density at radius 2 is 1.78 bits per heavy atom. The monoisotopic (exact) mass is 512 g/mol. The molecule has 3 aromatic heterocycles. The fraction of sp³-hybridized carbons (Fsp3) is 0.444. The molecule has 7 nitrogen and oxygen atoms in total. The second kappa shape index (κ2) is 10.5. The minimum Gasteiger partial charge on any atom is -0.320 e. The number of rotatable bonds is 6. The first-order valence-corrected chi connectivity index (χ1v) is 12.7. The molecule has 2 aliphatic rings. The van der Waals surface area contributed by atoms with Crippen LogP contribution in [0.5, 0.6) is 0 Å². The molecule has 0 spiro atoms. The largest absolute Gasteiger partial charge is 0.418 e. The van der Waals surface area contributed by atoms with Crippen LogP contribution in [0, 0.1) is 5.92 Å². The first-order chi connectivity index (χ1) is 17.8. The number of aromatic nitrogens is 5. The quantitative estimate of drug-likeness (QED) is 0.391. The molecule has 1 N–H and O–H groups in total. The summed E-state index contributed by atoms with van der Waals surface area (Å²) in [7, 11) is 2.01. The van der Waals surface area contributed by atoms with Crippen molar-refractivity contribution in [3.05, 3.63) is 82.6 Å². The van der Waals surface area contributed by atoms with E-state index >= 15 is 0 Å². The van der Waals surface area contributed by atoms with E-state index in [0.717, 1.165) is 22.8 Å². The number of halogens is 3. The second-order valence-corrected chi connectivity index (χ2v) is 9.99. The molecule has 3 heterocycles. The van der Waals surface area contributed by atoms with Gasteiger partial charge < -0.3 is 9.88 Å². The number of alkyl halides is 3. The standard InChI is InChI=1S/C20H20F3N3O.C7H11N3/c21-20(22,23)17-9-15(11-24-10-14-5-4-6-14)12-26-18(17)13-25(19(26)27)16-7-2-1-3-8-16;1-10-5-8-9-7(10)6-3-2-4-6/h1-3,7-9,12-14,24H,4-6,10-11H2;5-6H,2-4H2,1H3. The third-order valence-corrected chi connectivity index (χ3v) is 7.37. The van der Waals surface area contributed by atoms with Crippen molar-refractivity contribution in [2.24, 2.45) is 13.0 Å². The number of pyridine rings is 1. The number of para-hydroxylation sites is 1. The van der Waals surface area contributed by atoms with Crippen LogP contribution in [0.2, 0.25) is 0 Å². The first kappa shape index (κ1) is 25.3. The van der Waals surface area contributed by atoms with Crippen LogP contribution in [0.4, 0.5) is 13.2 Å². The number of hydrogen-bond acceptors (Lipinski definition) is 4. The maximum Gasteiger partial charge on any atom is 0.418 e. The Labute approximate surface area is 213 Å². The lowest BCUT2D eigenvalue weighted by atomic mass is 9.85. The zero-order valence-electron chi connectivity index (χ0n) is 20.8. The van der Waals surface area contributed by atoms with Crippen LogP contribution in [-0.4, -0.2) is 30.3 Å². The lowest BCUT2D eigenvalue weighted by molar-refractivity contribution is -0.136. The summed E-state index contributed by atoms with van der Waals surface area (Å²) >= 11 is 0. The number of aryl methyl sites for hydroxylation is 1. The molecule has 10 heteroatoms. The molecule has 0 saturated heterocycles. The van der Waals surface area contributed by atoms with Crippen molar-refractivity contribution in [2.45, 2.75) is 57.2 Å². The van der Waals surface area contributed by atoms with Gasteiger partial charge in [-0.2, -0.15) is 13.2 Å². The Hall–Kier alpha value is -3.40. The summed E-state index contributed by atoms with van der Waals surface area (Å²) in [6, 6.07) is 9.79. The summed E-state index contributed by atoms with van der Waals surface area (Å²) in [5.74, 6) is 2.47. The molecular formula is C27H31F3N6O. The van der Waals surface area contributed by atoms with E-state index in [0.29, 0.717) is 29.6 Å². The van der Waals surface area contributed by atoms with Gasteiger partial charge >= 0.3 is 11.9 Å². The van der Waals surface area contributed by atoms with E-state index in [1.54, 1.807) is 36.7 Å². The Kier molecular flexibility index (Phi) is 7.19. The average Bonchev–Trinajstić information content (AvgIpc) is 3.37. The van der Waals surface area contributed by atoms with Crippen LogP contribution in [0.25, 0.3) is 11.2 Å². The topological polar surface area (TPSA) is 69.1 Å². The van der Waals surface area contributed by atoms with Gasteiger partial charge in [0.15, 0.2) is 0 Å². The molecule has 0 amide bonds. The summed E-state index contributed by atoms with van der Waals surface area (Å²) in [6.07, 6.45) is 7.50. The van der Waals surface area contributed by atoms with E-state index in [1.165, 1.54) is 55.5 Å². The molecule has 0 aliphatic heterocycles. The minimum atomic E-state index is -4.54. The number of fused-ring (bicyclic) bond motifs is 1. The fourth-order valence-electron chi connectivity index (χ4n) is 4.79. The fourth-order valence-corrected chi connectivity index (χ4v) is 4.79. The summed E-state index contributed by atoms with van der Waals surface area (Å²) in [6.45, 7) is 1.10. The van der Waals surface area contributed by atoms with Gasteiger partial charge in [-0.05, 0) is 61.9 Å². The zero-order valence-corrected chi connectivity index (χ0v) is 20.8. The van der Waals surface area contributed by atoms with Gasteiger partial charge in [0.1, 0.15) is 12.2 Å². The lowest BCUT2D eigenvalue weighted by Crippen LogP contribution is -2.27. The zero-order chi connectivity index (χ0) is 26.0. The van der Waals surface area contributed by atoms with Crippen LogP contribution in [0.15, 0.2) is 59.9 Å². The van der Waals surface area contributed by atoms with Crippen LogP contribution >= 0.6 is 0 Å². The van der Waals surface area contributed by atoms with Gasteiger partial charge in [0.25, 0.3) is 0 Å². The number of imidazole rings is 1. The Morgan fingerprint density at radius 1 is 1.05 bits per heavy atom. The predicted octanol–water partition coefficient (Wildman–Crippen LogP) is 5.08. The van der Waals surface area contributed by atoms with Crippen molar-refractivity contribution in [3.8, 4) is 5.69 Å². The van der Waals surface area contributed by atoms with Gasteiger partial charge in [0, 0.05) is 31.9 Å². The molecule has 0 radical (unpaired) electrons. The van der Waals surface area contributed by atoms with Crippen molar-refractivity contribution in [1.29, 1.82) is 0 Å². The molecule has 2 aliphatic carbocycles. The molecule has 196 valence electrons. The summed E-state index contributed by atoms with van der Waals surface area (Å²) < 4.78 is 45.2. The van der Waals surface area contributed by atoms with Gasteiger partial charge in [-0.25, -0.2) is 4.79 Å². The number of nitrogens with zero attached hydrogens (tertiary/aromatic N) is 5. The molecule has 0 bridgehead atoms. The minimum absolute atomic E-state index is 0.140. The first-order valence-electron chi connectivity index (χ1n) is 12.7. The Morgan fingerprint density at radius 3 is 2.35 bits per heavy atom. The van der Waals surface area contributed by atoms with E-state index in [4.69, 9.17) is 0 Å². The Bertz CT molecular complexity index is 1400. The molecule has 37 heavy (non-hydrogen) atoms. The van der Waals surface area contributed by atoms with Crippen molar-refractivity contribution in [3.63, 3.8) is 0 Å². The van der Waals surface area contributed by atoms with Crippen LogP contribution in [-0.2, 0) is 19.8 Å². The normalized spacial score (nSPS) is 16.2. The molecule has 6 rings (SSSR count). The number of hydrogen-bond donors (Lipinski definition) is 1. The van der Waals surface area contributed by atoms with E-state index in [2.05, 4.69) is 15.5 Å². The molecule has 2 saturated carbocycles. The van der Waals surface area contributed by atoms with Crippen molar-refractivity contribution < 1.29 is 13.2 Å². The van der Waals surface area contributed by atoms with Gasteiger partial charge in [-0.3, -0.25) is 8.97 Å². The molecular weight excluding hydrogens is 481 g/mol. The van der Waals surface area contributed by atoms with E-state index in [9.17, 15) is 18.0 Å². The van der Waals surface area contributed by atoms with Gasteiger partial charge in [-0.1, -0.05) is 31.0 Å². The van der Waals surface area contributed by atoms with Gasteiger partial charge in [-0.15, -0.1) is 10.2 Å². The number of nitrogens with one attached hydrogen (secondary N) is 1. The lowest BCUT2D eigenvalue weighted by Gasteiger charge is -2.25. The van der Waals surface area contributed by atoms with Crippen molar-refractivity contribution in [2.75, 3.05) is 6.54 Å². The van der Waals surface area contributed by atoms with Crippen molar-refractivity contribution in [1.82, 2.24) is 29.0 Å². The van der Waals surface area contributed by atoms with E-state index in [1.807, 2.05) is 11.6 Å². The SMILES string of the molecule is Cn1cnnc1C1CCC1.O=c1n(-c2ccccc2)cc2c(C(F)(F)F)cc(CNCC3CCC3)cn12. The highest BCUT2D eigenvalue weighted by atomic mass is 19.4. The van der Waals surface area contributed by atoms with Crippen LogP contribution in [0.3, 0.4) is 0 Å². The molecule has 0 atom stereocenters. The highest BCUT2D eigenvalue weighted by Crippen LogP contribution is 2.35. The van der Waals surface area contributed by atoms with Crippen molar-refractivity contribution >= 4 is 5.52 Å². The third-order valence-electron chi connectivity index (χ3n) is 7.37. The maximum atomic E-state index is 13.6. The Balaban J connectivity index is 0.000000233. The summed E-state index contributed by atoms with van der Waals surface area (Å²) in [5, 5.41) is 11.1. The molecule has 0 unspecified atom stereocenters. The summed E-state index contributed by atoms with van der Waals surface area (Å²) in [4.78, 5) is 12.7. The second-order valence-electron chi connectivity index (χ2n) is 9.99. The van der Waals surface area contributed by atoms with Crippen LogP contribution < -0.4 is 11.0 Å². The molecule has 2 fully saturated rings.